The van der Waals surface area contributed by atoms with Gasteiger partial charge in [0.25, 0.3) is 0 Å². The normalized spacial score (nSPS) is 12.5. The molecule has 5 rings (SSSR count). The summed E-state index contributed by atoms with van der Waals surface area (Å²) in [7, 11) is -4.32. The monoisotopic (exact) mass is 576 g/mol. The molecule has 0 aliphatic rings. The summed E-state index contributed by atoms with van der Waals surface area (Å²) in [5.74, 6) is 0. The Hall–Kier alpha value is -2.75. The molecule has 0 radical (unpaired) electrons. The van der Waals surface area contributed by atoms with Gasteiger partial charge in [0, 0.05) is 17.2 Å². The molecule has 5 aromatic rings. The molecule has 0 aliphatic heterocycles. The minimum atomic E-state index is -4.32. The second-order valence-electron chi connectivity index (χ2n) is 7.77. The fourth-order valence-electron chi connectivity index (χ4n) is 3.46. The van der Waals surface area contributed by atoms with Crippen molar-refractivity contribution in [1.29, 1.82) is 0 Å². The molecule has 1 atom stereocenters. The lowest BCUT2D eigenvalue weighted by atomic mass is 10.0. The third-order valence-corrected chi connectivity index (χ3v) is 9.09. The van der Waals surface area contributed by atoms with Crippen LogP contribution in [-0.2, 0) is 23.1 Å². The van der Waals surface area contributed by atoms with Gasteiger partial charge in [0.15, 0.2) is 0 Å². The Morgan fingerprint density at radius 1 is 1.03 bits per heavy atom. The molecule has 0 saturated heterocycles. The zero-order valence-electron chi connectivity index (χ0n) is 18.8. The van der Waals surface area contributed by atoms with Gasteiger partial charge in [-0.05, 0) is 42.5 Å². The highest BCUT2D eigenvalue weighted by Crippen LogP contribution is 2.33. The highest BCUT2D eigenvalue weighted by molar-refractivity contribution is 7.87. The lowest BCUT2D eigenvalue weighted by molar-refractivity contribution is 0.489. The maximum Gasteiger partial charge on any atom is 0.357 e. The molecular weight excluding hydrogens is 557 g/mol. The number of thiazole rings is 2. The molecule has 36 heavy (non-hydrogen) atoms. The predicted molar refractivity (Wildman–Crippen MR) is 147 cm³/mol. The van der Waals surface area contributed by atoms with Crippen LogP contribution in [0.25, 0.3) is 9.88 Å². The van der Waals surface area contributed by atoms with Crippen LogP contribution in [0.2, 0.25) is 0 Å². The Bertz CT molecular complexity index is 1540. The molecule has 9 nitrogen and oxygen atoms in total. The third kappa shape index (κ3) is 6.52. The fourth-order valence-corrected chi connectivity index (χ4v) is 7.00. The minimum absolute atomic E-state index is 0.183. The topological polar surface area (TPSA) is 130 Å². The first-order chi connectivity index (χ1) is 17.3. The van der Waals surface area contributed by atoms with Crippen molar-refractivity contribution < 1.29 is 13.0 Å². The summed E-state index contributed by atoms with van der Waals surface area (Å²) >= 11 is 6.34. The second kappa shape index (κ2) is 10.7. The van der Waals surface area contributed by atoms with Crippen molar-refractivity contribution in [3.63, 3.8) is 0 Å². The molecule has 0 fully saturated rings. The van der Waals surface area contributed by atoms with E-state index >= 15 is 0 Å². The smallest absolute Gasteiger partial charge is 0.351 e. The van der Waals surface area contributed by atoms with Crippen LogP contribution >= 0.6 is 45.3 Å². The first kappa shape index (κ1) is 24.9. The van der Waals surface area contributed by atoms with Crippen LogP contribution in [0.5, 0.6) is 0 Å². The molecule has 0 amide bonds. The standard InChI is InChI=1S/C22H20N6O3S5/c1-13-23-16(11-33-13)10-20-26-27-22(35-20)25-17(18-12-34-21(24-18)19-3-2-8-32-19)9-14-4-6-15(7-5-14)28-36(29,30)31/h2-8,11-12,17,28H,9-10H2,1H3,(H,25,27)(H,29,30,31). The summed E-state index contributed by atoms with van der Waals surface area (Å²) in [6, 6.07) is 10.7. The van der Waals surface area contributed by atoms with E-state index in [1.54, 1.807) is 46.1 Å². The van der Waals surface area contributed by atoms with Crippen molar-refractivity contribution in [3.05, 3.63) is 79.5 Å². The Morgan fingerprint density at radius 3 is 2.56 bits per heavy atom. The average Bonchev–Trinajstić information content (AvgIpc) is 3.62. The van der Waals surface area contributed by atoms with Crippen LogP contribution in [0, 0.1) is 6.92 Å². The van der Waals surface area contributed by atoms with E-state index in [2.05, 4.69) is 25.2 Å². The molecule has 14 heteroatoms. The predicted octanol–water partition coefficient (Wildman–Crippen LogP) is 5.69. The van der Waals surface area contributed by atoms with Crippen molar-refractivity contribution in [3.8, 4) is 9.88 Å². The number of thiophene rings is 1. The summed E-state index contributed by atoms with van der Waals surface area (Å²) in [6.07, 6.45) is 1.22. The van der Waals surface area contributed by atoms with Gasteiger partial charge in [0.2, 0.25) is 5.13 Å². The van der Waals surface area contributed by atoms with Gasteiger partial charge in [-0.3, -0.25) is 9.27 Å². The number of nitrogens with zero attached hydrogens (tertiary/aromatic N) is 4. The average molecular weight is 577 g/mol. The number of nitrogens with one attached hydrogen (secondary N) is 2. The molecular formula is C22H20N6O3S5. The van der Waals surface area contributed by atoms with E-state index in [1.165, 1.54) is 11.3 Å². The van der Waals surface area contributed by atoms with Gasteiger partial charge < -0.3 is 5.32 Å². The summed E-state index contributed by atoms with van der Waals surface area (Å²) in [6.45, 7) is 1.98. The van der Waals surface area contributed by atoms with Crippen LogP contribution in [-0.4, -0.2) is 33.1 Å². The quantitative estimate of drug-likeness (QED) is 0.181. The van der Waals surface area contributed by atoms with Gasteiger partial charge in [0.1, 0.15) is 10.0 Å². The van der Waals surface area contributed by atoms with Gasteiger partial charge in [-0.2, -0.15) is 8.42 Å². The van der Waals surface area contributed by atoms with E-state index in [1.807, 2.05) is 47.3 Å². The van der Waals surface area contributed by atoms with Gasteiger partial charge in [-0.25, -0.2) is 9.97 Å². The Labute approximate surface area is 223 Å². The van der Waals surface area contributed by atoms with Gasteiger partial charge >= 0.3 is 10.3 Å². The van der Waals surface area contributed by atoms with Crippen LogP contribution in [0.4, 0.5) is 10.8 Å². The Balaban J connectivity index is 1.36. The number of hydrogen-bond acceptors (Lipinski definition) is 11. The van der Waals surface area contributed by atoms with E-state index in [4.69, 9.17) is 9.54 Å². The van der Waals surface area contributed by atoms with E-state index in [-0.39, 0.29) is 11.7 Å². The third-order valence-electron chi connectivity index (χ3n) is 5.01. The van der Waals surface area contributed by atoms with Crippen molar-refractivity contribution in [2.75, 3.05) is 10.0 Å². The number of hydrogen-bond donors (Lipinski definition) is 3. The van der Waals surface area contributed by atoms with Crippen molar-refractivity contribution in [2.45, 2.75) is 25.8 Å². The first-order valence-corrected chi connectivity index (χ1v) is 15.5. The summed E-state index contributed by atoms with van der Waals surface area (Å²) < 4.78 is 33.2. The SMILES string of the molecule is Cc1nc(Cc2nnc(NC(Cc3ccc(NS(=O)(=O)O)cc3)c3csc(-c4cccs4)n3)s2)cs1. The number of aryl methyl sites for hydroxylation is 1. The highest BCUT2D eigenvalue weighted by Gasteiger charge is 2.19. The number of aromatic nitrogens is 4. The number of rotatable bonds is 10. The molecule has 0 aliphatic carbocycles. The van der Waals surface area contributed by atoms with Crippen molar-refractivity contribution in [2.24, 2.45) is 0 Å². The lowest BCUT2D eigenvalue weighted by Gasteiger charge is -2.16. The molecule has 0 spiro atoms. The molecule has 4 aromatic heterocycles. The minimum Gasteiger partial charge on any atom is -0.351 e. The molecule has 186 valence electrons. The number of anilines is 2. The molecule has 4 heterocycles. The first-order valence-electron chi connectivity index (χ1n) is 10.6. The molecule has 1 unspecified atom stereocenters. The van der Waals surface area contributed by atoms with Crippen LogP contribution < -0.4 is 10.0 Å². The zero-order chi connectivity index (χ0) is 25.1. The van der Waals surface area contributed by atoms with Gasteiger partial charge in [-0.1, -0.05) is 29.5 Å². The van der Waals surface area contributed by atoms with Gasteiger partial charge in [0.05, 0.1) is 33.0 Å². The van der Waals surface area contributed by atoms with E-state index < -0.39 is 10.3 Å². The molecule has 1 aromatic carbocycles. The zero-order valence-corrected chi connectivity index (χ0v) is 22.9. The van der Waals surface area contributed by atoms with E-state index in [0.29, 0.717) is 18.0 Å². The largest absolute Gasteiger partial charge is 0.357 e. The molecule has 0 saturated carbocycles. The van der Waals surface area contributed by atoms with Crippen LogP contribution in [0.15, 0.2) is 52.5 Å². The fraction of sp³-hybridized carbons (Fsp3) is 0.182. The van der Waals surface area contributed by atoms with Crippen LogP contribution in [0.3, 0.4) is 0 Å². The lowest BCUT2D eigenvalue weighted by Crippen LogP contribution is -2.14. The molecule has 3 N–H and O–H groups in total. The van der Waals surface area contributed by atoms with E-state index in [9.17, 15) is 8.42 Å². The maximum atomic E-state index is 11.1. The van der Waals surface area contributed by atoms with Crippen molar-refractivity contribution in [1.82, 2.24) is 20.2 Å². The summed E-state index contributed by atoms with van der Waals surface area (Å²) in [5.41, 5.74) is 3.11. The highest BCUT2D eigenvalue weighted by atomic mass is 32.2. The molecule has 0 bridgehead atoms. The summed E-state index contributed by atoms with van der Waals surface area (Å²) in [4.78, 5) is 10.5. The summed E-state index contributed by atoms with van der Waals surface area (Å²) in [5, 5.41) is 21.8. The van der Waals surface area contributed by atoms with Gasteiger partial charge in [-0.15, -0.1) is 44.2 Å². The van der Waals surface area contributed by atoms with Crippen molar-refractivity contribution >= 4 is 66.5 Å². The Kier molecular flexibility index (Phi) is 7.41. The Morgan fingerprint density at radius 2 is 1.86 bits per heavy atom. The van der Waals surface area contributed by atoms with E-state index in [0.717, 1.165) is 36.9 Å². The number of benzene rings is 1. The maximum absolute atomic E-state index is 11.1. The second-order valence-corrected chi connectivity index (χ2v) is 12.8. The van der Waals surface area contributed by atoms with Crippen LogP contribution in [0.1, 0.15) is 33.0 Å².